The third kappa shape index (κ3) is 18.3. The van der Waals surface area contributed by atoms with Crippen molar-refractivity contribution >= 4 is 33.6 Å². The summed E-state index contributed by atoms with van der Waals surface area (Å²) in [7, 11) is -2.40. The van der Waals surface area contributed by atoms with E-state index in [0.29, 0.717) is 43.5 Å². The van der Waals surface area contributed by atoms with Crippen molar-refractivity contribution in [1.82, 2.24) is 20.7 Å². The highest BCUT2D eigenvalue weighted by Crippen LogP contribution is 2.21. The van der Waals surface area contributed by atoms with Crippen molar-refractivity contribution in [1.29, 1.82) is 5.41 Å². The van der Waals surface area contributed by atoms with Crippen LogP contribution in [0.1, 0.15) is 98.7 Å². The van der Waals surface area contributed by atoms with Gasteiger partial charge < -0.3 is 36.9 Å². The van der Waals surface area contributed by atoms with Crippen LogP contribution in [0.2, 0.25) is 0 Å². The second-order valence-electron chi connectivity index (χ2n) is 17.3. The van der Waals surface area contributed by atoms with Gasteiger partial charge in [0, 0.05) is 45.1 Å². The average molecular weight is 898 g/mol. The highest BCUT2D eigenvalue weighted by molar-refractivity contribution is 7.88. The van der Waals surface area contributed by atoms with Gasteiger partial charge >= 0.3 is 0 Å². The molecule has 2 atom stereocenters. The third-order valence-corrected chi connectivity index (χ3v) is 12.4. The van der Waals surface area contributed by atoms with Gasteiger partial charge in [-0.2, -0.15) is 0 Å². The number of amidine groups is 1. The van der Waals surface area contributed by atoms with E-state index in [-0.39, 0.29) is 49.7 Å². The van der Waals surface area contributed by atoms with E-state index in [2.05, 4.69) is 20.7 Å². The predicted octanol–water partition coefficient (Wildman–Crippen LogP) is 5.29. The lowest BCUT2D eigenvalue weighted by atomic mass is 10.0. The number of nitrogens with two attached hydrogens (primary N) is 2. The first-order valence-corrected chi connectivity index (χ1v) is 23.4. The molecule has 15 heteroatoms. The Morgan fingerprint density at radius 2 is 1.33 bits per heavy atom. The Hall–Kier alpha value is -5.45. The molecule has 0 aliphatic heterocycles. The van der Waals surface area contributed by atoms with Crippen molar-refractivity contribution in [3.63, 3.8) is 0 Å². The highest BCUT2D eigenvalue weighted by atomic mass is 32.2. The fraction of sp³-hybridized carbons (Fsp3) is 0.429. The molecule has 4 aromatic carbocycles. The third-order valence-electron chi connectivity index (χ3n) is 11.0. The molecular formula is C49H67N7O7S. The van der Waals surface area contributed by atoms with Gasteiger partial charge in [0.05, 0.1) is 23.6 Å². The van der Waals surface area contributed by atoms with E-state index >= 15 is 0 Å². The van der Waals surface area contributed by atoms with Gasteiger partial charge in [-0.15, -0.1) is 0 Å². The topological polar surface area (TPSA) is 228 Å². The summed E-state index contributed by atoms with van der Waals surface area (Å²) in [5.74, 6) is -1.67. The number of methoxy groups -OCH3 is 1. The number of rotatable bonds is 27. The Labute approximate surface area is 379 Å². The van der Waals surface area contributed by atoms with Crippen LogP contribution in [-0.4, -0.2) is 69.0 Å². The van der Waals surface area contributed by atoms with Gasteiger partial charge in [0.2, 0.25) is 27.7 Å². The summed E-state index contributed by atoms with van der Waals surface area (Å²) in [4.78, 5) is 40.7. The Morgan fingerprint density at radius 1 is 0.719 bits per heavy atom. The molecule has 4 rings (SSSR count). The molecule has 0 aromatic heterocycles. The molecule has 0 radical (unpaired) electrons. The minimum absolute atomic E-state index is 0.0701. The molecule has 346 valence electrons. The molecule has 9 N–H and O–H groups in total. The first-order chi connectivity index (χ1) is 30.4. The van der Waals surface area contributed by atoms with Crippen LogP contribution in [0.25, 0.3) is 0 Å². The van der Waals surface area contributed by atoms with E-state index in [1.165, 1.54) is 0 Å². The van der Waals surface area contributed by atoms with Gasteiger partial charge in [-0.05, 0) is 93.2 Å². The summed E-state index contributed by atoms with van der Waals surface area (Å²) in [5, 5.41) is 16.3. The summed E-state index contributed by atoms with van der Waals surface area (Å²) < 4.78 is 41.6. The number of ether oxygens (including phenoxy) is 2. The Kier molecular flexibility index (Phi) is 19.6. The average Bonchev–Trinajstić information content (AvgIpc) is 3.27. The lowest BCUT2D eigenvalue weighted by Gasteiger charge is -2.28. The quantitative estimate of drug-likeness (QED) is 0.0304. The number of sulfonamides is 1. The van der Waals surface area contributed by atoms with Crippen molar-refractivity contribution in [2.45, 2.75) is 121 Å². The standard InChI is InChI=1S/C49H67N7O7S/c1-48(2,62-5)27-28-63-49(3,4)26-25-44(57)53-32-36-17-19-38(20-18-36)34-64(60,61)56-42(16-10-13-35-11-7-6-8-12-35)47(59)55-43(30-39-14-9-15-40(29-39)31-50)46(58)54-33-37-21-23-41(24-22-37)45(51)52/h6-9,11-12,14-15,17-24,29,42-43,56H,10,13,16,25-28,30-34,50H2,1-5H3,(H3,51,52)(H,53,57)(H,54,58)(H,55,59)/t42-,43+/m1/s1. The number of hydrogen-bond donors (Lipinski definition) is 7. The zero-order chi connectivity index (χ0) is 46.8. The number of nitrogen functional groups attached to an aromatic ring is 1. The number of benzene rings is 4. The minimum atomic E-state index is -4.07. The lowest BCUT2D eigenvalue weighted by molar-refractivity contribution is -0.130. The van der Waals surface area contributed by atoms with E-state index in [0.717, 1.165) is 34.2 Å². The number of carbonyl (C=O) groups is 3. The van der Waals surface area contributed by atoms with E-state index in [9.17, 15) is 22.8 Å². The van der Waals surface area contributed by atoms with Crippen LogP contribution < -0.4 is 32.1 Å². The van der Waals surface area contributed by atoms with Gasteiger partial charge in [-0.25, -0.2) is 13.1 Å². The van der Waals surface area contributed by atoms with Crippen LogP contribution in [0.15, 0.2) is 103 Å². The molecule has 0 spiro atoms. The maximum absolute atomic E-state index is 14.2. The highest BCUT2D eigenvalue weighted by Gasteiger charge is 2.29. The van der Waals surface area contributed by atoms with Crippen molar-refractivity contribution in [2.24, 2.45) is 11.5 Å². The van der Waals surface area contributed by atoms with Crippen LogP contribution in [0.3, 0.4) is 0 Å². The number of carbonyl (C=O) groups excluding carboxylic acids is 3. The zero-order valence-electron chi connectivity index (χ0n) is 37.9. The van der Waals surface area contributed by atoms with Crippen molar-refractivity contribution in [2.75, 3.05) is 13.7 Å². The number of amides is 3. The summed E-state index contributed by atoms with van der Waals surface area (Å²) in [5.41, 5.74) is 16.0. The minimum Gasteiger partial charge on any atom is -0.384 e. The molecule has 0 fully saturated rings. The molecule has 0 unspecified atom stereocenters. The van der Waals surface area contributed by atoms with Gasteiger partial charge in [0.1, 0.15) is 17.9 Å². The summed E-state index contributed by atoms with van der Waals surface area (Å²) in [6.07, 6.45) is 2.96. The lowest BCUT2D eigenvalue weighted by Crippen LogP contribution is -2.54. The van der Waals surface area contributed by atoms with Crippen LogP contribution in [0.5, 0.6) is 0 Å². The predicted molar refractivity (Wildman–Crippen MR) is 251 cm³/mol. The smallest absolute Gasteiger partial charge is 0.243 e. The second kappa shape index (κ2) is 24.6. The zero-order valence-corrected chi connectivity index (χ0v) is 38.7. The molecule has 4 aromatic rings. The maximum Gasteiger partial charge on any atom is 0.243 e. The van der Waals surface area contributed by atoms with E-state index in [1.807, 2.05) is 82.3 Å². The Bertz CT molecular complexity index is 2230. The Balaban J connectivity index is 1.41. The number of hydrogen-bond acceptors (Lipinski definition) is 9. The largest absolute Gasteiger partial charge is 0.384 e. The molecule has 64 heavy (non-hydrogen) atoms. The van der Waals surface area contributed by atoms with E-state index in [4.69, 9.17) is 26.4 Å². The number of aryl methyl sites for hydroxylation is 1. The van der Waals surface area contributed by atoms with Gasteiger partial charge in [0.15, 0.2) is 0 Å². The fourth-order valence-corrected chi connectivity index (χ4v) is 8.17. The van der Waals surface area contributed by atoms with Gasteiger partial charge in [0.25, 0.3) is 0 Å². The van der Waals surface area contributed by atoms with Crippen molar-refractivity contribution in [3.8, 4) is 0 Å². The van der Waals surface area contributed by atoms with Crippen LogP contribution in [-0.2, 0) is 72.1 Å². The molecule has 0 saturated heterocycles. The molecule has 0 heterocycles. The molecule has 3 amide bonds. The second-order valence-corrected chi connectivity index (χ2v) is 19.1. The molecular weight excluding hydrogens is 831 g/mol. The van der Waals surface area contributed by atoms with Crippen LogP contribution >= 0.6 is 0 Å². The normalized spacial score (nSPS) is 12.8. The maximum atomic E-state index is 14.2. The first kappa shape index (κ1) is 51.2. The van der Waals surface area contributed by atoms with E-state index < -0.39 is 45.3 Å². The van der Waals surface area contributed by atoms with E-state index in [1.54, 1.807) is 55.6 Å². The summed E-state index contributed by atoms with van der Waals surface area (Å²) in [6.45, 7) is 9.15. The summed E-state index contributed by atoms with van der Waals surface area (Å²) in [6, 6.07) is 28.7. The van der Waals surface area contributed by atoms with Gasteiger partial charge in [-0.3, -0.25) is 19.8 Å². The molecule has 0 aliphatic rings. The number of nitrogens with one attached hydrogen (secondary N) is 5. The first-order valence-electron chi connectivity index (χ1n) is 21.7. The molecule has 0 saturated carbocycles. The van der Waals surface area contributed by atoms with Crippen LogP contribution in [0.4, 0.5) is 0 Å². The fourth-order valence-electron chi connectivity index (χ4n) is 6.80. The SMILES string of the molecule is COC(C)(C)CCOC(C)(C)CCC(=O)NCc1ccc(CS(=O)(=O)N[C@H](CCCc2ccccc2)C(=O)N[C@@H](Cc2cccc(CN)c2)C(=O)NCc2ccc(C(=N)N)cc2)cc1. The van der Waals surface area contributed by atoms with Crippen molar-refractivity contribution < 1.29 is 32.3 Å². The molecule has 0 aliphatic carbocycles. The van der Waals surface area contributed by atoms with Crippen molar-refractivity contribution in [3.05, 3.63) is 142 Å². The van der Waals surface area contributed by atoms with Crippen LogP contribution in [0, 0.1) is 5.41 Å². The summed E-state index contributed by atoms with van der Waals surface area (Å²) >= 11 is 0. The van der Waals surface area contributed by atoms with Gasteiger partial charge in [-0.1, -0.05) is 103 Å². The molecule has 14 nitrogen and oxygen atoms in total. The monoisotopic (exact) mass is 897 g/mol. The molecule has 0 bridgehead atoms. The Morgan fingerprint density at radius 3 is 1.97 bits per heavy atom.